The summed E-state index contributed by atoms with van der Waals surface area (Å²) in [5.41, 5.74) is 0. The van der Waals surface area contributed by atoms with Crippen LogP contribution in [-0.4, -0.2) is 53.7 Å². The molecular weight excluding hydrogens is 296 g/mol. The number of hydrogen-bond acceptors (Lipinski definition) is 7. The molecule has 0 aromatic carbocycles. The molecule has 1 heterocycles. The van der Waals surface area contributed by atoms with Gasteiger partial charge >= 0.3 is 17.9 Å². The third kappa shape index (κ3) is 4.96. The first-order valence-electron chi connectivity index (χ1n) is 6.99. The molecule has 0 radical (unpaired) electrons. The first-order valence-corrected chi connectivity index (χ1v) is 6.99. The van der Waals surface area contributed by atoms with Gasteiger partial charge in [0.2, 0.25) is 0 Å². The first-order chi connectivity index (χ1) is 10.0. The molecule has 8 heteroatoms. The molecule has 0 bridgehead atoms. The van der Waals surface area contributed by atoms with E-state index in [1.54, 1.807) is 0 Å². The van der Waals surface area contributed by atoms with Crippen molar-refractivity contribution in [3.05, 3.63) is 0 Å². The van der Waals surface area contributed by atoms with Crippen LogP contribution in [0.1, 0.15) is 34.6 Å². The molecule has 0 spiro atoms. The normalized spacial score (nSPS) is 24.8. The van der Waals surface area contributed by atoms with Crippen molar-refractivity contribution in [2.45, 2.75) is 58.7 Å². The lowest BCUT2D eigenvalue weighted by atomic mass is 10.2. The number of carboxylic acid groups (broad SMARTS) is 1. The molecule has 1 fully saturated rings. The van der Waals surface area contributed by atoms with Crippen molar-refractivity contribution in [2.75, 3.05) is 6.61 Å². The lowest BCUT2D eigenvalue weighted by Crippen LogP contribution is -2.41. The van der Waals surface area contributed by atoms with Gasteiger partial charge in [-0.1, -0.05) is 13.8 Å². The Morgan fingerprint density at radius 1 is 1.14 bits per heavy atom. The second-order valence-electron chi connectivity index (χ2n) is 5.92. The number of aliphatic carboxylic acids is 1. The van der Waals surface area contributed by atoms with Crippen LogP contribution in [0.5, 0.6) is 0 Å². The van der Waals surface area contributed by atoms with E-state index in [2.05, 4.69) is 0 Å². The third-order valence-electron chi connectivity index (χ3n) is 2.76. The van der Waals surface area contributed by atoms with E-state index in [0.717, 1.165) is 0 Å². The number of carbonyl (C=O) groups excluding carboxylic acids is 2. The zero-order valence-corrected chi connectivity index (χ0v) is 13.3. The van der Waals surface area contributed by atoms with Gasteiger partial charge in [0.15, 0.2) is 24.1 Å². The van der Waals surface area contributed by atoms with E-state index in [-0.39, 0.29) is 12.5 Å². The molecule has 0 unspecified atom stereocenters. The number of carboxylic acids is 1. The monoisotopic (exact) mass is 318 g/mol. The van der Waals surface area contributed by atoms with Gasteiger partial charge in [0.05, 0.1) is 6.61 Å². The summed E-state index contributed by atoms with van der Waals surface area (Å²) in [5, 5.41) is 9.05. The molecule has 1 saturated heterocycles. The minimum absolute atomic E-state index is 0.149. The van der Waals surface area contributed by atoms with E-state index in [1.165, 1.54) is 20.8 Å². The Hall–Kier alpha value is -1.67. The number of ether oxygens (including phenoxy) is 4. The molecule has 0 saturated carbocycles. The molecule has 8 nitrogen and oxygen atoms in total. The molecular formula is C14H22O8. The number of esters is 2. The molecule has 0 aliphatic carbocycles. The maximum Gasteiger partial charge on any atom is 0.347 e. The molecule has 126 valence electrons. The summed E-state index contributed by atoms with van der Waals surface area (Å²) in [6.45, 7) is 8.25. The molecule has 0 amide bonds. The lowest BCUT2D eigenvalue weighted by Gasteiger charge is -2.18. The molecule has 22 heavy (non-hydrogen) atoms. The summed E-state index contributed by atoms with van der Waals surface area (Å²) in [5.74, 6) is -4.11. The lowest BCUT2D eigenvalue weighted by molar-refractivity contribution is -0.180. The molecule has 1 N–H and O–H groups in total. The number of rotatable bonds is 6. The van der Waals surface area contributed by atoms with E-state index in [0.29, 0.717) is 0 Å². The predicted molar refractivity (Wildman–Crippen MR) is 72.8 cm³/mol. The fraction of sp³-hybridized carbons (Fsp3) is 0.786. The van der Waals surface area contributed by atoms with E-state index in [1.807, 2.05) is 13.8 Å². The van der Waals surface area contributed by atoms with E-state index >= 15 is 0 Å². The van der Waals surface area contributed by atoms with E-state index < -0.39 is 42.0 Å². The highest BCUT2D eigenvalue weighted by Crippen LogP contribution is 2.29. The smallest absolute Gasteiger partial charge is 0.347 e. The summed E-state index contributed by atoms with van der Waals surface area (Å²) in [6.07, 6.45) is -4.08. The van der Waals surface area contributed by atoms with Gasteiger partial charge in [0.25, 0.3) is 0 Å². The van der Waals surface area contributed by atoms with Crippen LogP contribution in [0.4, 0.5) is 0 Å². The summed E-state index contributed by atoms with van der Waals surface area (Å²) in [4.78, 5) is 34.8. The van der Waals surface area contributed by atoms with E-state index in [9.17, 15) is 14.4 Å². The molecule has 1 rings (SSSR count). The standard InChI is InChI=1S/C14H22O8/c1-7(2)6-19-12(17)8(3)20-13(18)10-9(11(15)16)21-14(4,5)22-10/h7-10H,6H2,1-5H3,(H,15,16)/t8-,9+,10+/m0/s1. The Morgan fingerprint density at radius 2 is 1.68 bits per heavy atom. The van der Waals surface area contributed by atoms with Crippen molar-refractivity contribution in [3.8, 4) is 0 Å². The van der Waals surface area contributed by atoms with Crippen LogP contribution < -0.4 is 0 Å². The fourth-order valence-corrected chi connectivity index (χ4v) is 1.77. The van der Waals surface area contributed by atoms with Crippen molar-refractivity contribution in [3.63, 3.8) is 0 Å². The van der Waals surface area contributed by atoms with Crippen molar-refractivity contribution in [2.24, 2.45) is 5.92 Å². The molecule has 0 aromatic heterocycles. The summed E-state index contributed by atoms with van der Waals surface area (Å²) in [7, 11) is 0. The van der Waals surface area contributed by atoms with Crippen LogP contribution >= 0.6 is 0 Å². The Kier molecular flexibility index (Phi) is 5.90. The maximum absolute atomic E-state index is 12.0. The second kappa shape index (κ2) is 7.06. The van der Waals surface area contributed by atoms with E-state index in [4.69, 9.17) is 24.1 Å². The summed E-state index contributed by atoms with van der Waals surface area (Å²) >= 11 is 0. The zero-order valence-electron chi connectivity index (χ0n) is 13.3. The minimum Gasteiger partial charge on any atom is -0.479 e. The largest absolute Gasteiger partial charge is 0.479 e. The SMILES string of the molecule is CC(C)COC(=O)[C@H](C)OC(=O)[C@@H]1OC(C)(C)O[C@H]1C(=O)O. The Balaban J connectivity index is 2.63. The van der Waals surface area contributed by atoms with Gasteiger partial charge in [-0.15, -0.1) is 0 Å². The van der Waals surface area contributed by atoms with Crippen molar-refractivity contribution in [1.29, 1.82) is 0 Å². The fourth-order valence-electron chi connectivity index (χ4n) is 1.77. The minimum atomic E-state index is -1.48. The summed E-state index contributed by atoms with van der Waals surface area (Å²) in [6, 6.07) is 0. The molecule has 1 aliphatic heterocycles. The van der Waals surface area contributed by atoms with Gasteiger partial charge in [-0.05, 0) is 26.7 Å². The zero-order chi connectivity index (χ0) is 17.1. The Labute approximate surface area is 128 Å². The van der Waals surface area contributed by atoms with Crippen LogP contribution in [0, 0.1) is 5.92 Å². The first kappa shape index (κ1) is 18.4. The van der Waals surface area contributed by atoms with Crippen LogP contribution in [0.25, 0.3) is 0 Å². The van der Waals surface area contributed by atoms with Crippen molar-refractivity contribution < 1.29 is 38.4 Å². The van der Waals surface area contributed by atoms with Gasteiger partial charge < -0.3 is 24.1 Å². The van der Waals surface area contributed by atoms with Crippen molar-refractivity contribution in [1.82, 2.24) is 0 Å². The highest BCUT2D eigenvalue weighted by atomic mass is 16.8. The highest BCUT2D eigenvalue weighted by molar-refractivity contribution is 5.87. The maximum atomic E-state index is 12.0. The van der Waals surface area contributed by atoms with Crippen LogP contribution in [0.3, 0.4) is 0 Å². The third-order valence-corrected chi connectivity index (χ3v) is 2.76. The average molecular weight is 318 g/mol. The van der Waals surface area contributed by atoms with Gasteiger partial charge in [0, 0.05) is 0 Å². The van der Waals surface area contributed by atoms with Gasteiger partial charge in [0.1, 0.15) is 0 Å². The van der Waals surface area contributed by atoms with Gasteiger partial charge in [-0.3, -0.25) is 0 Å². The Morgan fingerprint density at radius 3 is 2.18 bits per heavy atom. The molecule has 3 atom stereocenters. The van der Waals surface area contributed by atoms with Gasteiger partial charge in [-0.2, -0.15) is 0 Å². The van der Waals surface area contributed by atoms with Gasteiger partial charge in [-0.25, -0.2) is 14.4 Å². The van der Waals surface area contributed by atoms with Crippen LogP contribution in [-0.2, 0) is 33.3 Å². The number of carbonyl (C=O) groups is 3. The molecule has 1 aliphatic rings. The molecule has 0 aromatic rings. The van der Waals surface area contributed by atoms with Crippen molar-refractivity contribution >= 4 is 17.9 Å². The number of hydrogen-bond donors (Lipinski definition) is 1. The second-order valence-corrected chi connectivity index (χ2v) is 5.92. The Bertz CT molecular complexity index is 442. The topological polar surface area (TPSA) is 108 Å². The van der Waals surface area contributed by atoms with Crippen LogP contribution in [0.2, 0.25) is 0 Å². The van der Waals surface area contributed by atoms with Crippen LogP contribution in [0.15, 0.2) is 0 Å². The summed E-state index contributed by atoms with van der Waals surface area (Å²) < 4.78 is 20.2. The highest BCUT2D eigenvalue weighted by Gasteiger charge is 2.50. The quantitative estimate of drug-likeness (QED) is 0.714. The average Bonchev–Trinajstić information content (AvgIpc) is 2.72. The predicted octanol–water partition coefficient (Wildman–Crippen LogP) is 0.722.